The van der Waals surface area contributed by atoms with E-state index in [4.69, 9.17) is 4.52 Å². The molecule has 2 aromatic rings. The van der Waals surface area contributed by atoms with Crippen molar-refractivity contribution in [2.45, 2.75) is 13.0 Å². The largest absolute Gasteiger partial charge is 0.385 e. The number of carbonyl (C=O) groups is 1. The fraction of sp³-hybridized carbons (Fsp3) is 0.273. The minimum absolute atomic E-state index is 0.188. The zero-order valence-electron chi connectivity index (χ0n) is 9.43. The van der Waals surface area contributed by atoms with Gasteiger partial charge in [-0.1, -0.05) is 11.2 Å². The molecule has 2 rings (SSSR count). The van der Waals surface area contributed by atoms with E-state index in [1.165, 1.54) is 25.3 Å². The number of hydrogen-bond acceptors (Lipinski definition) is 5. The SMILES string of the molecule is CNC(=O)c1c(-c2cccs2)noc1[C@H](C)O. The lowest BCUT2D eigenvalue weighted by atomic mass is 10.1. The second kappa shape index (κ2) is 4.68. The summed E-state index contributed by atoms with van der Waals surface area (Å²) in [6.45, 7) is 1.53. The third kappa shape index (κ3) is 2.09. The predicted molar refractivity (Wildman–Crippen MR) is 63.8 cm³/mol. The molecule has 1 amide bonds. The summed E-state index contributed by atoms with van der Waals surface area (Å²) in [6, 6.07) is 3.71. The molecular weight excluding hydrogens is 240 g/mol. The van der Waals surface area contributed by atoms with Gasteiger partial charge in [-0.2, -0.15) is 0 Å². The number of thiophene rings is 1. The smallest absolute Gasteiger partial charge is 0.257 e. The molecule has 6 heteroatoms. The summed E-state index contributed by atoms with van der Waals surface area (Å²) < 4.78 is 5.05. The van der Waals surface area contributed by atoms with E-state index in [9.17, 15) is 9.90 Å². The summed E-state index contributed by atoms with van der Waals surface area (Å²) in [6.07, 6.45) is -0.872. The quantitative estimate of drug-likeness (QED) is 0.873. The number of aromatic nitrogens is 1. The van der Waals surface area contributed by atoms with Crippen LogP contribution in [0.5, 0.6) is 0 Å². The molecule has 0 aliphatic rings. The Balaban J connectivity index is 2.57. The molecular formula is C11H12N2O3S. The van der Waals surface area contributed by atoms with Gasteiger partial charge < -0.3 is 14.9 Å². The summed E-state index contributed by atoms with van der Waals surface area (Å²) in [7, 11) is 1.53. The first-order valence-electron chi connectivity index (χ1n) is 5.08. The van der Waals surface area contributed by atoms with Gasteiger partial charge in [0.2, 0.25) is 0 Å². The van der Waals surface area contributed by atoms with E-state index in [0.29, 0.717) is 11.3 Å². The van der Waals surface area contributed by atoms with Crippen LogP contribution in [0.25, 0.3) is 10.6 Å². The van der Waals surface area contributed by atoms with Crippen LogP contribution in [0.1, 0.15) is 29.1 Å². The highest BCUT2D eigenvalue weighted by Gasteiger charge is 2.26. The highest BCUT2D eigenvalue weighted by Crippen LogP contribution is 2.31. The molecule has 0 saturated carbocycles. The molecule has 0 bridgehead atoms. The van der Waals surface area contributed by atoms with Gasteiger partial charge in [-0.25, -0.2) is 0 Å². The number of rotatable bonds is 3. The highest BCUT2D eigenvalue weighted by atomic mass is 32.1. The summed E-state index contributed by atoms with van der Waals surface area (Å²) >= 11 is 1.46. The minimum atomic E-state index is -0.872. The van der Waals surface area contributed by atoms with Gasteiger partial charge >= 0.3 is 0 Å². The van der Waals surface area contributed by atoms with Crippen LogP contribution in [0.15, 0.2) is 22.0 Å². The number of aliphatic hydroxyl groups is 1. The van der Waals surface area contributed by atoms with Gasteiger partial charge in [0, 0.05) is 7.05 Å². The van der Waals surface area contributed by atoms with Crippen LogP contribution in [-0.2, 0) is 0 Å². The van der Waals surface area contributed by atoms with Crippen molar-refractivity contribution in [3.8, 4) is 10.6 Å². The second-order valence-electron chi connectivity index (χ2n) is 3.50. The molecule has 0 spiro atoms. The Morgan fingerprint density at radius 2 is 2.41 bits per heavy atom. The number of amides is 1. The van der Waals surface area contributed by atoms with Gasteiger partial charge in [0.15, 0.2) is 5.76 Å². The molecule has 2 N–H and O–H groups in total. The Labute approximate surface area is 102 Å². The van der Waals surface area contributed by atoms with Crippen LogP contribution in [0.2, 0.25) is 0 Å². The summed E-state index contributed by atoms with van der Waals surface area (Å²) in [5.74, 6) is -0.127. The molecule has 1 atom stereocenters. The van der Waals surface area contributed by atoms with Crippen LogP contribution < -0.4 is 5.32 Å². The summed E-state index contributed by atoms with van der Waals surface area (Å²) in [5.41, 5.74) is 0.764. The van der Waals surface area contributed by atoms with Crippen molar-refractivity contribution in [1.29, 1.82) is 0 Å². The van der Waals surface area contributed by atoms with Crippen molar-refractivity contribution in [3.63, 3.8) is 0 Å². The average Bonchev–Trinajstić information content (AvgIpc) is 2.95. The molecule has 0 unspecified atom stereocenters. The van der Waals surface area contributed by atoms with Gasteiger partial charge in [0.25, 0.3) is 5.91 Å². The molecule has 2 heterocycles. The molecule has 0 fully saturated rings. The number of carbonyl (C=O) groups excluding carboxylic acids is 1. The van der Waals surface area contributed by atoms with E-state index >= 15 is 0 Å². The van der Waals surface area contributed by atoms with Gasteiger partial charge in [0.1, 0.15) is 17.4 Å². The van der Waals surface area contributed by atoms with Crippen molar-refractivity contribution in [2.75, 3.05) is 7.05 Å². The van der Waals surface area contributed by atoms with Crippen LogP contribution in [0.3, 0.4) is 0 Å². The summed E-state index contributed by atoms with van der Waals surface area (Å²) in [5, 5.41) is 17.8. The Kier molecular flexibility index (Phi) is 3.26. The number of nitrogens with one attached hydrogen (secondary N) is 1. The van der Waals surface area contributed by atoms with E-state index in [-0.39, 0.29) is 11.7 Å². The van der Waals surface area contributed by atoms with E-state index in [1.807, 2.05) is 17.5 Å². The normalized spacial score (nSPS) is 12.4. The maximum absolute atomic E-state index is 11.8. The molecule has 0 saturated heterocycles. The average molecular weight is 252 g/mol. The Morgan fingerprint density at radius 1 is 1.65 bits per heavy atom. The minimum Gasteiger partial charge on any atom is -0.385 e. The number of aliphatic hydroxyl groups excluding tert-OH is 1. The monoisotopic (exact) mass is 252 g/mol. The van der Waals surface area contributed by atoms with Gasteiger partial charge in [0.05, 0.1) is 4.88 Å². The number of nitrogens with zero attached hydrogens (tertiary/aromatic N) is 1. The van der Waals surface area contributed by atoms with Crippen molar-refractivity contribution in [2.24, 2.45) is 0 Å². The van der Waals surface area contributed by atoms with E-state index < -0.39 is 6.10 Å². The van der Waals surface area contributed by atoms with Crippen molar-refractivity contribution >= 4 is 17.2 Å². The molecule has 2 aromatic heterocycles. The van der Waals surface area contributed by atoms with Crippen LogP contribution >= 0.6 is 11.3 Å². The third-order valence-corrected chi connectivity index (χ3v) is 3.18. The molecule has 0 aromatic carbocycles. The van der Waals surface area contributed by atoms with Gasteiger partial charge in [-0.05, 0) is 18.4 Å². The van der Waals surface area contributed by atoms with Crippen molar-refractivity contribution in [1.82, 2.24) is 10.5 Å². The van der Waals surface area contributed by atoms with Crippen LogP contribution in [-0.4, -0.2) is 23.2 Å². The Bertz CT molecular complexity index is 517. The molecule has 0 aliphatic carbocycles. The van der Waals surface area contributed by atoms with Gasteiger partial charge in [-0.3, -0.25) is 4.79 Å². The van der Waals surface area contributed by atoms with Gasteiger partial charge in [-0.15, -0.1) is 11.3 Å². The van der Waals surface area contributed by atoms with Crippen molar-refractivity contribution < 1.29 is 14.4 Å². The van der Waals surface area contributed by atoms with Crippen LogP contribution in [0.4, 0.5) is 0 Å². The second-order valence-corrected chi connectivity index (χ2v) is 4.45. The summed E-state index contributed by atoms with van der Waals surface area (Å²) in [4.78, 5) is 12.6. The maximum atomic E-state index is 11.8. The fourth-order valence-electron chi connectivity index (χ4n) is 1.51. The lowest BCUT2D eigenvalue weighted by Gasteiger charge is -2.03. The molecule has 5 nitrogen and oxygen atoms in total. The highest BCUT2D eigenvalue weighted by molar-refractivity contribution is 7.13. The third-order valence-electron chi connectivity index (χ3n) is 2.31. The fourth-order valence-corrected chi connectivity index (χ4v) is 2.23. The zero-order chi connectivity index (χ0) is 12.4. The molecule has 90 valence electrons. The van der Waals surface area contributed by atoms with E-state index in [0.717, 1.165) is 4.88 Å². The first-order valence-corrected chi connectivity index (χ1v) is 5.96. The lowest BCUT2D eigenvalue weighted by Crippen LogP contribution is -2.20. The van der Waals surface area contributed by atoms with E-state index in [1.54, 1.807) is 0 Å². The standard InChI is InChI=1S/C11H12N2O3S/c1-6(14)10-8(11(15)12-2)9(13-16-10)7-4-3-5-17-7/h3-6,14H,1-2H3,(H,12,15)/t6-/m0/s1. The van der Waals surface area contributed by atoms with E-state index in [2.05, 4.69) is 10.5 Å². The maximum Gasteiger partial charge on any atom is 0.257 e. The Morgan fingerprint density at radius 3 is 2.94 bits per heavy atom. The molecule has 17 heavy (non-hydrogen) atoms. The predicted octanol–water partition coefficient (Wildman–Crippen LogP) is 1.82. The van der Waals surface area contributed by atoms with Crippen LogP contribution in [0, 0.1) is 0 Å². The van der Waals surface area contributed by atoms with Crippen molar-refractivity contribution in [3.05, 3.63) is 28.8 Å². The molecule has 0 radical (unpaired) electrons. The topological polar surface area (TPSA) is 75.4 Å². The zero-order valence-corrected chi connectivity index (χ0v) is 10.2. The first kappa shape index (κ1) is 11.8. The number of hydrogen-bond donors (Lipinski definition) is 2. The Hall–Kier alpha value is -1.66. The first-order chi connectivity index (χ1) is 8.15. The lowest BCUT2D eigenvalue weighted by molar-refractivity contribution is 0.0950. The molecule has 0 aliphatic heterocycles.